The van der Waals surface area contributed by atoms with Crippen LogP contribution in [0.3, 0.4) is 0 Å². The van der Waals surface area contributed by atoms with Gasteiger partial charge in [-0.1, -0.05) is 23.4 Å². The molecule has 0 aliphatic carbocycles. The Morgan fingerprint density at radius 2 is 2.12 bits per heavy atom. The molecule has 4 rings (SSSR count). The van der Waals surface area contributed by atoms with Crippen LogP contribution >= 0.6 is 0 Å². The molecule has 3 aromatic rings. The molecule has 1 aromatic carbocycles. The smallest absolute Gasteiger partial charge is 0.255 e. The minimum atomic E-state index is -0.0249. The van der Waals surface area contributed by atoms with Crippen molar-refractivity contribution in [2.45, 2.75) is 12.3 Å². The summed E-state index contributed by atoms with van der Waals surface area (Å²) in [6.45, 7) is 1.15. The Balaban J connectivity index is 1.38. The van der Waals surface area contributed by atoms with Crippen LogP contribution in [0.2, 0.25) is 0 Å². The van der Waals surface area contributed by atoms with Gasteiger partial charge in [-0.15, -0.1) is 0 Å². The highest BCUT2D eigenvalue weighted by atomic mass is 16.5. The Morgan fingerprint density at radius 1 is 1.27 bits per heavy atom. The van der Waals surface area contributed by atoms with E-state index in [9.17, 15) is 4.79 Å². The fourth-order valence-electron chi connectivity index (χ4n) is 3.00. The van der Waals surface area contributed by atoms with Crippen molar-refractivity contribution < 1.29 is 14.1 Å². The summed E-state index contributed by atoms with van der Waals surface area (Å²) in [7, 11) is 1.64. The molecule has 1 aliphatic rings. The van der Waals surface area contributed by atoms with E-state index in [-0.39, 0.29) is 11.8 Å². The number of hydrogen-bond acceptors (Lipinski definition) is 6. The second-order valence-electron chi connectivity index (χ2n) is 6.19. The largest absolute Gasteiger partial charge is 0.496 e. The Labute approximate surface area is 150 Å². The number of aromatic nitrogens is 3. The maximum atomic E-state index is 12.3. The zero-order valence-corrected chi connectivity index (χ0v) is 14.3. The van der Waals surface area contributed by atoms with Crippen molar-refractivity contribution in [2.24, 2.45) is 0 Å². The molecule has 1 aliphatic heterocycles. The maximum absolute atomic E-state index is 12.3. The van der Waals surface area contributed by atoms with E-state index in [4.69, 9.17) is 9.26 Å². The average molecular weight is 350 g/mol. The molecule has 7 heteroatoms. The molecule has 2 aromatic heterocycles. The summed E-state index contributed by atoms with van der Waals surface area (Å²) in [5.41, 5.74) is 1.60. The number of nitrogens with zero attached hydrogens (tertiary/aromatic N) is 4. The first-order chi connectivity index (χ1) is 12.7. The van der Waals surface area contributed by atoms with Gasteiger partial charge in [0.2, 0.25) is 5.89 Å². The predicted octanol–water partition coefficient (Wildman–Crippen LogP) is 2.30. The summed E-state index contributed by atoms with van der Waals surface area (Å²) < 4.78 is 10.7. The molecule has 26 heavy (non-hydrogen) atoms. The lowest BCUT2D eigenvalue weighted by Crippen LogP contribution is -2.48. The van der Waals surface area contributed by atoms with Crippen molar-refractivity contribution in [1.82, 2.24) is 20.0 Å². The van der Waals surface area contributed by atoms with Gasteiger partial charge in [-0.2, -0.15) is 4.98 Å². The lowest BCUT2D eigenvalue weighted by atomic mass is 9.99. The first-order valence-electron chi connectivity index (χ1n) is 8.38. The molecule has 7 nitrogen and oxygen atoms in total. The summed E-state index contributed by atoms with van der Waals surface area (Å²) in [5.74, 6) is 2.04. The molecule has 3 heterocycles. The number of carbonyl (C=O) groups excluding carboxylic acids is 1. The maximum Gasteiger partial charge on any atom is 0.255 e. The van der Waals surface area contributed by atoms with Gasteiger partial charge in [0, 0.05) is 37.5 Å². The third-order valence-corrected chi connectivity index (χ3v) is 4.45. The number of ether oxygens (including phenoxy) is 1. The SMILES string of the molecule is COc1ccccc1Cc1noc(C2CN(C(=O)c3cccnc3)C2)n1. The zero-order valence-electron chi connectivity index (χ0n) is 14.3. The number of pyridine rings is 1. The van der Waals surface area contributed by atoms with Gasteiger partial charge in [-0.05, 0) is 18.2 Å². The lowest BCUT2D eigenvalue weighted by molar-refractivity contribution is 0.0569. The molecule has 0 radical (unpaired) electrons. The molecule has 0 saturated carbocycles. The molecule has 0 N–H and O–H groups in total. The molecule has 0 spiro atoms. The van der Waals surface area contributed by atoms with Gasteiger partial charge in [-0.25, -0.2) is 0 Å². The Kier molecular flexibility index (Phi) is 4.35. The van der Waals surface area contributed by atoms with E-state index in [1.54, 1.807) is 36.5 Å². The highest BCUT2D eigenvalue weighted by Crippen LogP contribution is 2.28. The highest BCUT2D eigenvalue weighted by molar-refractivity contribution is 5.94. The minimum absolute atomic E-state index is 0.0249. The van der Waals surface area contributed by atoms with Gasteiger partial charge in [0.05, 0.1) is 18.6 Å². The normalized spacial score (nSPS) is 14.1. The molecule has 0 bridgehead atoms. The number of rotatable bonds is 5. The summed E-state index contributed by atoms with van der Waals surface area (Å²) in [5, 5.41) is 4.06. The highest BCUT2D eigenvalue weighted by Gasteiger charge is 2.36. The minimum Gasteiger partial charge on any atom is -0.496 e. The Morgan fingerprint density at radius 3 is 2.88 bits per heavy atom. The van der Waals surface area contributed by atoms with Gasteiger partial charge in [0.1, 0.15) is 5.75 Å². The molecule has 1 fully saturated rings. The van der Waals surface area contributed by atoms with E-state index in [0.717, 1.165) is 11.3 Å². The molecule has 132 valence electrons. The van der Waals surface area contributed by atoms with Crippen LogP contribution in [0.15, 0.2) is 53.3 Å². The average Bonchev–Trinajstić information content (AvgIpc) is 3.09. The number of likely N-dealkylation sites (tertiary alicyclic amines) is 1. The fourth-order valence-corrected chi connectivity index (χ4v) is 3.00. The van der Waals surface area contributed by atoms with Gasteiger partial charge in [-0.3, -0.25) is 9.78 Å². The van der Waals surface area contributed by atoms with Crippen molar-refractivity contribution in [3.05, 3.63) is 71.6 Å². The van der Waals surface area contributed by atoms with Gasteiger partial charge < -0.3 is 14.2 Å². The third-order valence-electron chi connectivity index (χ3n) is 4.45. The van der Waals surface area contributed by atoms with Crippen LogP contribution < -0.4 is 4.74 Å². The van der Waals surface area contributed by atoms with Crippen molar-refractivity contribution in [3.8, 4) is 5.75 Å². The quantitative estimate of drug-likeness (QED) is 0.702. The predicted molar refractivity (Wildman–Crippen MR) is 93.0 cm³/mol. The van der Waals surface area contributed by atoms with Crippen molar-refractivity contribution >= 4 is 5.91 Å². The molecule has 0 atom stereocenters. The fraction of sp³-hybridized carbons (Fsp3) is 0.263. The standard InChI is InChI=1S/C19H18N4O3/c1-25-16-7-3-2-5-13(16)9-17-21-18(26-22-17)15-11-23(12-15)19(24)14-6-4-8-20-10-14/h2-8,10,15H,9,11-12H2,1H3. The van der Waals surface area contributed by atoms with E-state index in [1.807, 2.05) is 24.3 Å². The number of benzene rings is 1. The molecule has 0 unspecified atom stereocenters. The summed E-state index contributed by atoms with van der Waals surface area (Å²) in [6, 6.07) is 11.3. The molecule has 1 saturated heterocycles. The van der Waals surface area contributed by atoms with E-state index in [1.165, 1.54) is 0 Å². The topological polar surface area (TPSA) is 81.4 Å². The van der Waals surface area contributed by atoms with E-state index >= 15 is 0 Å². The van der Waals surface area contributed by atoms with Crippen LogP contribution in [-0.2, 0) is 6.42 Å². The summed E-state index contributed by atoms with van der Waals surface area (Å²) in [6.07, 6.45) is 3.77. The number of carbonyl (C=O) groups is 1. The summed E-state index contributed by atoms with van der Waals surface area (Å²) in [4.78, 5) is 22.6. The van der Waals surface area contributed by atoms with E-state index in [0.29, 0.717) is 36.8 Å². The molecular weight excluding hydrogens is 332 g/mol. The third kappa shape index (κ3) is 3.15. The molecular formula is C19H18N4O3. The number of para-hydroxylation sites is 1. The van der Waals surface area contributed by atoms with Crippen LogP contribution in [0.5, 0.6) is 5.75 Å². The lowest BCUT2D eigenvalue weighted by Gasteiger charge is -2.37. The number of hydrogen-bond donors (Lipinski definition) is 0. The summed E-state index contributed by atoms with van der Waals surface area (Å²) >= 11 is 0. The molecule has 1 amide bonds. The van der Waals surface area contributed by atoms with Crippen LogP contribution in [0.4, 0.5) is 0 Å². The second kappa shape index (κ2) is 6.95. The monoisotopic (exact) mass is 350 g/mol. The van der Waals surface area contributed by atoms with Crippen LogP contribution in [0.1, 0.15) is 33.6 Å². The van der Waals surface area contributed by atoms with E-state index < -0.39 is 0 Å². The van der Waals surface area contributed by atoms with Gasteiger partial charge >= 0.3 is 0 Å². The van der Waals surface area contributed by atoms with E-state index in [2.05, 4.69) is 15.1 Å². The number of amides is 1. The zero-order chi connectivity index (χ0) is 17.9. The van der Waals surface area contributed by atoms with Crippen molar-refractivity contribution in [3.63, 3.8) is 0 Å². The second-order valence-corrected chi connectivity index (χ2v) is 6.19. The van der Waals surface area contributed by atoms with Crippen molar-refractivity contribution in [2.75, 3.05) is 20.2 Å². The Bertz CT molecular complexity index is 904. The Hall–Kier alpha value is -3.22. The number of methoxy groups -OCH3 is 1. The first kappa shape index (κ1) is 16.3. The van der Waals surface area contributed by atoms with Crippen LogP contribution in [0.25, 0.3) is 0 Å². The van der Waals surface area contributed by atoms with Gasteiger partial charge in [0.15, 0.2) is 5.82 Å². The van der Waals surface area contributed by atoms with Crippen LogP contribution in [-0.4, -0.2) is 46.1 Å². The van der Waals surface area contributed by atoms with Crippen molar-refractivity contribution in [1.29, 1.82) is 0 Å². The first-order valence-corrected chi connectivity index (χ1v) is 8.38. The van der Waals surface area contributed by atoms with Crippen LogP contribution in [0, 0.1) is 0 Å². The van der Waals surface area contributed by atoms with Gasteiger partial charge in [0.25, 0.3) is 5.91 Å².